The van der Waals surface area contributed by atoms with Crippen molar-refractivity contribution in [1.82, 2.24) is 4.98 Å². The van der Waals surface area contributed by atoms with E-state index in [9.17, 15) is 0 Å². The summed E-state index contributed by atoms with van der Waals surface area (Å²) in [4.78, 5) is 5.21. The quantitative estimate of drug-likeness (QED) is 0.547. The zero-order valence-corrected chi connectivity index (χ0v) is 7.18. The van der Waals surface area contributed by atoms with Gasteiger partial charge >= 0.3 is 0 Å². The fourth-order valence-electron chi connectivity index (χ4n) is 0.708. The van der Waals surface area contributed by atoms with Crippen LogP contribution in [-0.4, -0.2) is 17.3 Å². The van der Waals surface area contributed by atoms with E-state index in [1.165, 1.54) is 4.90 Å². The molecule has 60 valence electrons. The van der Waals surface area contributed by atoms with Gasteiger partial charge in [0.25, 0.3) is 0 Å². The molecule has 0 spiro atoms. The van der Waals surface area contributed by atoms with Crippen LogP contribution < -0.4 is 5.73 Å². The van der Waals surface area contributed by atoms with E-state index >= 15 is 0 Å². The number of hydrogen-bond donors (Lipinski definition) is 1. The molecule has 0 amide bonds. The molecular formula is C8H12N2S. The first-order valence-corrected chi connectivity index (χ1v) is 4.65. The fraction of sp³-hybridized carbons (Fsp3) is 0.375. The number of aromatic nitrogens is 1. The maximum absolute atomic E-state index is 5.37. The number of thioether (sulfide) groups is 1. The molecule has 0 saturated heterocycles. The van der Waals surface area contributed by atoms with Gasteiger partial charge in [0.2, 0.25) is 0 Å². The predicted molar refractivity (Wildman–Crippen MR) is 48.6 cm³/mol. The van der Waals surface area contributed by atoms with Crippen LogP contribution in [-0.2, 0) is 0 Å². The largest absolute Gasteiger partial charge is 0.330 e. The van der Waals surface area contributed by atoms with Gasteiger partial charge in [0, 0.05) is 17.3 Å². The molecule has 0 aliphatic carbocycles. The third-order valence-electron chi connectivity index (χ3n) is 1.27. The standard InChI is InChI=1S/C8H12N2S/c9-4-1-7-11-8-2-5-10-6-3-8/h2-3,5-6H,1,4,7,9H2. The van der Waals surface area contributed by atoms with E-state index in [0.717, 1.165) is 18.7 Å². The minimum atomic E-state index is 0.776. The van der Waals surface area contributed by atoms with Gasteiger partial charge in [-0.15, -0.1) is 11.8 Å². The van der Waals surface area contributed by atoms with E-state index in [4.69, 9.17) is 5.73 Å². The van der Waals surface area contributed by atoms with Crippen molar-refractivity contribution in [3.05, 3.63) is 24.5 Å². The fourth-order valence-corrected chi connectivity index (χ4v) is 1.57. The second kappa shape index (κ2) is 5.16. The molecule has 0 aliphatic heterocycles. The second-order valence-corrected chi connectivity index (χ2v) is 3.34. The van der Waals surface area contributed by atoms with Crippen LogP contribution in [0.1, 0.15) is 6.42 Å². The maximum atomic E-state index is 5.37. The molecule has 1 heterocycles. The molecule has 0 unspecified atom stereocenters. The zero-order chi connectivity index (χ0) is 7.94. The van der Waals surface area contributed by atoms with Crippen molar-refractivity contribution in [3.63, 3.8) is 0 Å². The summed E-state index contributed by atoms with van der Waals surface area (Å²) in [6, 6.07) is 4.03. The Morgan fingerprint density at radius 3 is 2.73 bits per heavy atom. The van der Waals surface area contributed by atoms with Crippen molar-refractivity contribution in [2.24, 2.45) is 5.73 Å². The summed E-state index contributed by atoms with van der Waals surface area (Å²) in [7, 11) is 0. The number of nitrogens with two attached hydrogens (primary N) is 1. The average Bonchev–Trinajstić information content (AvgIpc) is 2.07. The first-order chi connectivity index (χ1) is 5.43. The predicted octanol–water partition coefficient (Wildman–Crippen LogP) is 1.52. The molecule has 0 aliphatic rings. The topological polar surface area (TPSA) is 38.9 Å². The van der Waals surface area contributed by atoms with Crippen molar-refractivity contribution in [2.45, 2.75) is 11.3 Å². The highest BCUT2D eigenvalue weighted by atomic mass is 32.2. The van der Waals surface area contributed by atoms with Crippen molar-refractivity contribution in [3.8, 4) is 0 Å². The summed E-state index contributed by atoms with van der Waals surface area (Å²) in [5.74, 6) is 1.10. The summed E-state index contributed by atoms with van der Waals surface area (Å²) in [6.45, 7) is 0.776. The molecule has 0 saturated carbocycles. The van der Waals surface area contributed by atoms with Gasteiger partial charge in [-0.25, -0.2) is 0 Å². The third kappa shape index (κ3) is 3.39. The average molecular weight is 168 g/mol. The first kappa shape index (κ1) is 8.56. The van der Waals surface area contributed by atoms with Crippen LogP contribution in [0.15, 0.2) is 29.4 Å². The van der Waals surface area contributed by atoms with Crippen LogP contribution in [0, 0.1) is 0 Å². The van der Waals surface area contributed by atoms with Crippen LogP contribution in [0.4, 0.5) is 0 Å². The zero-order valence-electron chi connectivity index (χ0n) is 6.36. The van der Waals surface area contributed by atoms with Crippen LogP contribution in [0.25, 0.3) is 0 Å². The molecule has 2 nitrogen and oxygen atoms in total. The molecule has 1 aromatic heterocycles. The van der Waals surface area contributed by atoms with Crippen LogP contribution in [0.3, 0.4) is 0 Å². The van der Waals surface area contributed by atoms with E-state index in [1.54, 1.807) is 0 Å². The molecule has 2 N–H and O–H groups in total. The summed E-state index contributed by atoms with van der Waals surface area (Å²) < 4.78 is 0. The summed E-state index contributed by atoms with van der Waals surface area (Å²) in [5, 5.41) is 0. The molecule has 0 fully saturated rings. The maximum Gasteiger partial charge on any atom is 0.0278 e. The molecule has 0 bridgehead atoms. The van der Waals surface area contributed by atoms with Gasteiger partial charge in [0.15, 0.2) is 0 Å². The van der Waals surface area contributed by atoms with E-state index in [1.807, 2.05) is 36.3 Å². The Hall–Kier alpha value is -0.540. The van der Waals surface area contributed by atoms with Gasteiger partial charge in [0.1, 0.15) is 0 Å². The first-order valence-electron chi connectivity index (χ1n) is 3.66. The lowest BCUT2D eigenvalue weighted by atomic mass is 10.5. The Balaban J connectivity index is 2.28. The van der Waals surface area contributed by atoms with Crippen molar-refractivity contribution < 1.29 is 0 Å². The van der Waals surface area contributed by atoms with E-state index < -0.39 is 0 Å². The van der Waals surface area contributed by atoms with E-state index in [2.05, 4.69) is 4.98 Å². The molecule has 1 aromatic rings. The van der Waals surface area contributed by atoms with E-state index in [-0.39, 0.29) is 0 Å². The highest BCUT2D eigenvalue weighted by molar-refractivity contribution is 7.99. The van der Waals surface area contributed by atoms with Gasteiger partial charge in [-0.1, -0.05) is 0 Å². The van der Waals surface area contributed by atoms with E-state index in [0.29, 0.717) is 0 Å². The summed E-state index contributed by atoms with van der Waals surface area (Å²) >= 11 is 1.82. The minimum Gasteiger partial charge on any atom is -0.330 e. The molecular weight excluding hydrogens is 156 g/mol. The lowest BCUT2D eigenvalue weighted by Crippen LogP contribution is -1.99. The number of pyridine rings is 1. The van der Waals surface area contributed by atoms with Gasteiger partial charge < -0.3 is 5.73 Å². The third-order valence-corrected chi connectivity index (χ3v) is 2.37. The number of nitrogens with zero attached hydrogens (tertiary/aromatic N) is 1. The monoisotopic (exact) mass is 168 g/mol. The minimum absolute atomic E-state index is 0.776. The van der Waals surface area contributed by atoms with Crippen molar-refractivity contribution >= 4 is 11.8 Å². The highest BCUT2D eigenvalue weighted by Gasteiger charge is 1.90. The Labute approximate surface area is 71.2 Å². The Morgan fingerprint density at radius 2 is 2.09 bits per heavy atom. The molecule has 1 rings (SSSR count). The number of rotatable bonds is 4. The lowest BCUT2D eigenvalue weighted by molar-refractivity contribution is 0.943. The molecule has 3 heteroatoms. The van der Waals surface area contributed by atoms with Crippen molar-refractivity contribution in [1.29, 1.82) is 0 Å². The Kier molecular flexibility index (Phi) is 4.01. The van der Waals surface area contributed by atoms with Gasteiger partial charge in [-0.3, -0.25) is 4.98 Å². The molecule has 0 atom stereocenters. The molecule has 11 heavy (non-hydrogen) atoms. The Bertz CT molecular complexity index is 189. The second-order valence-electron chi connectivity index (χ2n) is 2.17. The van der Waals surface area contributed by atoms with Crippen LogP contribution in [0.2, 0.25) is 0 Å². The summed E-state index contributed by atoms with van der Waals surface area (Å²) in [6.07, 6.45) is 4.70. The SMILES string of the molecule is NCCCSc1ccncc1. The summed E-state index contributed by atoms with van der Waals surface area (Å²) in [5.41, 5.74) is 5.37. The normalized spacial score (nSPS) is 9.91. The van der Waals surface area contributed by atoms with Gasteiger partial charge in [-0.2, -0.15) is 0 Å². The lowest BCUT2D eigenvalue weighted by Gasteiger charge is -1.97. The van der Waals surface area contributed by atoms with Crippen molar-refractivity contribution in [2.75, 3.05) is 12.3 Å². The molecule has 0 radical (unpaired) electrons. The van der Waals surface area contributed by atoms with Crippen LogP contribution in [0.5, 0.6) is 0 Å². The van der Waals surface area contributed by atoms with Gasteiger partial charge in [0.05, 0.1) is 0 Å². The highest BCUT2D eigenvalue weighted by Crippen LogP contribution is 2.16. The smallest absolute Gasteiger partial charge is 0.0278 e. The Morgan fingerprint density at radius 1 is 1.36 bits per heavy atom. The van der Waals surface area contributed by atoms with Gasteiger partial charge in [-0.05, 0) is 30.9 Å². The molecule has 0 aromatic carbocycles. The van der Waals surface area contributed by atoms with Crippen LogP contribution >= 0.6 is 11.8 Å². The number of hydrogen-bond acceptors (Lipinski definition) is 3.